The van der Waals surface area contributed by atoms with Crippen LogP contribution in [0.2, 0.25) is 0 Å². The molecule has 112 valence electrons. The number of aromatic nitrogens is 1. The van der Waals surface area contributed by atoms with Crippen molar-refractivity contribution < 1.29 is 14.4 Å². The molecule has 0 saturated carbocycles. The highest BCUT2D eigenvalue weighted by atomic mass is 79.9. The number of anilines is 1. The number of ether oxygens (including phenoxy) is 2. The zero-order valence-electron chi connectivity index (χ0n) is 11.0. The SMILES string of the molecule is O=[N+]([O-])c1ccc(N/N=C\c2cc3c(cc2Br)OCO3)nc1. The zero-order valence-corrected chi connectivity index (χ0v) is 12.6. The molecule has 2 aromatic rings. The Morgan fingerprint density at radius 3 is 2.82 bits per heavy atom. The zero-order chi connectivity index (χ0) is 15.5. The van der Waals surface area contributed by atoms with Crippen molar-refractivity contribution in [3.8, 4) is 11.5 Å². The Kier molecular flexibility index (Phi) is 3.88. The van der Waals surface area contributed by atoms with Crippen molar-refractivity contribution in [1.82, 2.24) is 4.98 Å². The summed E-state index contributed by atoms with van der Waals surface area (Å²) in [4.78, 5) is 13.9. The number of pyridine rings is 1. The van der Waals surface area contributed by atoms with E-state index in [0.29, 0.717) is 17.3 Å². The second kappa shape index (κ2) is 5.98. The van der Waals surface area contributed by atoms with E-state index in [1.807, 2.05) is 0 Å². The fourth-order valence-electron chi connectivity index (χ4n) is 1.76. The number of nitrogens with one attached hydrogen (secondary N) is 1. The highest BCUT2D eigenvalue weighted by Crippen LogP contribution is 2.36. The van der Waals surface area contributed by atoms with Crippen LogP contribution in [0.4, 0.5) is 11.5 Å². The van der Waals surface area contributed by atoms with Crippen LogP contribution in [0.1, 0.15) is 5.56 Å². The van der Waals surface area contributed by atoms with Gasteiger partial charge in [0.2, 0.25) is 6.79 Å². The van der Waals surface area contributed by atoms with Gasteiger partial charge >= 0.3 is 0 Å². The number of halogens is 1. The highest BCUT2D eigenvalue weighted by Gasteiger charge is 2.15. The van der Waals surface area contributed by atoms with Crippen molar-refractivity contribution in [2.75, 3.05) is 12.2 Å². The Morgan fingerprint density at radius 1 is 1.36 bits per heavy atom. The number of hydrogen-bond donors (Lipinski definition) is 1. The van der Waals surface area contributed by atoms with Gasteiger partial charge in [-0.25, -0.2) is 4.98 Å². The van der Waals surface area contributed by atoms with Gasteiger partial charge in [-0.15, -0.1) is 0 Å². The van der Waals surface area contributed by atoms with E-state index in [9.17, 15) is 10.1 Å². The lowest BCUT2D eigenvalue weighted by Gasteiger charge is -2.02. The van der Waals surface area contributed by atoms with Crippen LogP contribution in [0, 0.1) is 10.1 Å². The van der Waals surface area contributed by atoms with E-state index in [-0.39, 0.29) is 12.5 Å². The minimum absolute atomic E-state index is 0.0759. The summed E-state index contributed by atoms with van der Waals surface area (Å²) in [5.74, 6) is 1.73. The third-order valence-corrected chi connectivity index (χ3v) is 3.52. The molecule has 3 rings (SSSR count). The first-order valence-electron chi connectivity index (χ1n) is 6.12. The molecule has 9 heteroatoms. The molecule has 1 aromatic carbocycles. The van der Waals surface area contributed by atoms with Gasteiger partial charge in [0.15, 0.2) is 11.5 Å². The third-order valence-electron chi connectivity index (χ3n) is 2.83. The maximum absolute atomic E-state index is 10.5. The smallest absolute Gasteiger partial charge is 0.287 e. The first-order chi connectivity index (χ1) is 10.6. The largest absolute Gasteiger partial charge is 0.454 e. The molecule has 8 nitrogen and oxygen atoms in total. The molecule has 22 heavy (non-hydrogen) atoms. The van der Waals surface area contributed by atoms with Crippen LogP contribution in [0.5, 0.6) is 11.5 Å². The van der Waals surface area contributed by atoms with Crippen LogP contribution in [0.3, 0.4) is 0 Å². The molecule has 2 heterocycles. The molecule has 0 bridgehead atoms. The van der Waals surface area contributed by atoms with E-state index in [0.717, 1.165) is 16.2 Å². The number of hydrogen-bond acceptors (Lipinski definition) is 7. The van der Waals surface area contributed by atoms with Crippen LogP contribution in [-0.4, -0.2) is 22.9 Å². The van der Waals surface area contributed by atoms with Gasteiger partial charge in [-0.1, -0.05) is 0 Å². The van der Waals surface area contributed by atoms with Crippen molar-refractivity contribution in [3.63, 3.8) is 0 Å². The summed E-state index contributed by atoms with van der Waals surface area (Å²) in [6.45, 7) is 0.202. The Balaban J connectivity index is 1.71. The second-order valence-electron chi connectivity index (χ2n) is 4.26. The summed E-state index contributed by atoms with van der Waals surface area (Å²) in [6, 6.07) is 6.42. The van der Waals surface area contributed by atoms with Crippen molar-refractivity contribution in [3.05, 3.63) is 50.6 Å². The predicted octanol–water partition coefficient (Wildman–Crippen LogP) is 2.93. The summed E-state index contributed by atoms with van der Waals surface area (Å²) >= 11 is 3.42. The number of nitrogens with zero attached hydrogens (tertiary/aromatic N) is 3. The average Bonchev–Trinajstić information content (AvgIpc) is 2.95. The molecule has 0 unspecified atom stereocenters. The van der Waals surface area contributed by atoms with E-state index < -0.39 is 4.92 Å². The molecule has 0 saturated heterocycles. The molecule has 1 aliphatic heterocycles. The van der Waals surface area contributed by atoms with Gasteiger partial charge < -0.3 is 9.47 Å². The van der Waals surface area contributed by atoms with E-state index in [1.54, 1.807) is 18.3 Å². The average molecular weight is 365 g/mol. The highest BCUT2D eigenvalue weighted by molar-refractivity contribution is 9.10. The minimum atomic E-state index is -0.510. The van der Waals surface area contributed by atoms with E-state index in [2.05, 4.69) is 31.4 Å². The molecule has 0 atom stereocenters. The predicted molar refractivity (Wildman–Crippen MR) is 82.4 cm³/mol. The maximum atomic E-state index is 10.5. The Hall–Kier alpha value is -2.68. The number of rotatable bonds is 4. The lowest BCUT2D eigenvalue weighted by Crippen LogP contribution is -1.95. The van der Waals surface area contributed by atoms with Gasteiger partial charge in [-0.3, -0.25) is 15.5 Å². The number of hydrazone groups is 1. The van der Waals surface area contributed by atoms with Gasteiger partial charge in [0.05, 0.1) is 11.1 Å². The van der Waals surface area contributed by atoms with Gasteiger partial charge in [0, 0.05) is 16.1 Å². The third kappa shape index (κ3) is 2.98. The Morgan fingerprint density at radius 2 is 2.14 bits per heavy atom. The van der Waals surface area contributed by atoms with Gasteiger partial charge in [-0.2, -0.15) is 5.10 Å². The molecule has 0 radical (unpaired) electrons. The van der Waals surface area contributed by atoms with Crippen LogP contribution in [0.15, 0.2) is 40.0 Å². The summed E-state index contributed by atoms with van der Waals surface area (Å²) in [7, 11) is 0. The summed E-state index contributed by atoms with van der Waals surface area (Å²) in [5, 5.41) is 14.6. The van der Waals surface area contributed by atoms with Crippen molar-refractivity contribution in [2.24, 2.45) is 5.10 Å². The van der Waals surface area contributed by atoms with Gasteiger partial charge in [0.25, 0.3) is 5.69 Å². The fourth-order valence-corrected chi connectivity index (χ4v) is 2.18. The molecular weight excluding hydrogens is 356 g/mol. The van der Waals surface area contributed by atoms with E-state index >= 15 is 0 Å². The summed E-state index contributed by atoms with van der Waals surface area (Å²) in [6.07, 6.45) is 2.74. The first-order valence-corrected chi connectivity index (χ1v) is 6.91. The number of fused-ring (bicyclic) bond motifs is 1. The molecule has 0 fully saturated rings. The molecule has 0 amide bonds. The first kappa shape index (κ1) is 14.3. The molecule has 1 aliphatic rings. The van der Waals surface area contributed by atoms with Crippen molar-refractivity contribution >= 4 is 33.6 Å². The lowest BCUT2D eigenvalue weighted by atomic mass is 10.2. The van der Waals surface area contributed by atoms with Crippen LogP contribution >= 0.6 is 15.9 Å². The quantitative estimate of drug-likeness (QED) is 0.508. The van der Waals surface area contributed by atoms with Crippen LogP contribution in [-0.2, 0) is 0 Å². The molecular formula is C13H9BrN4O4. The number of benzene rings is 1. The maximum Gasteiger partial charge on any atom is 0.287 e. The van der Waals surface area contributed by atoms with E-state index in [1.165, 1.54) is 12.1 Å². The standard InChI is InChI=1S/C13H9BrN4O4/c14-10-4-12-11(21-7-22-12)3-8(10)5-16-17-13-2-1-9(6-15-13)18(19)20/h1-6H,7H2,(H,15,17)/b16-5-. The summed E-state index contributed by atoms with van der Waals surface area (Å²) < 4.78 is 11.4. The molecule has 1 aromatic heterocycles. The Labute approximate surface area is 133 Å². The van der Waals surface area contributed by atoms with Crippen LogP contribution < -0.4 is 14.9 Å². The summed E-state index contributed by atoms with van der Waals surface area (Å²) in [5.41, 5.74) is 3.41. The minimum Gasteiger partial charge on any atom is -0.454 e. The lowest BCUT2D eigenvalue weighted by molar-refractivity contribution is -0.385. The van der Waals surface area contributed by atoms with E-state index in [4.69, 9.17) is 9.47 Å². The van der Waals surface area contributed by atoms with Gasteiger partial charge in [0.1, 0.15) is 12.0 Å². The molecule has 1 N–H and O–H groups in total. The van der Waals surface area contributed by atoms with Crippen LogP contribution in [0.25, 0.3) is 0 Å². The Bertz CT molecular complexity index is 748. The second-order valence-corrected chi connectivity index (χ2v) is 5.11. The number of nitro groups is 1. The monoisotopic (exact) mass is 364 g/mol. The normalized spacial score (nSPS) is 12.6. The topological polar surface area (TPSA) is 98.9 Å². The fraction of sp³-hybridized carbons (Fsp3) is 0.0769. The molecule has 0 aliphatic carbocycles. The van der Waals surface area contributed by atoms with Gasteiger partial charge in [-0.05, 0) is 34.1 Å². The van der Waals surface area contributed by atoms with Crippen molar-refractivity contribution in [2.45, 2.75) is 0 Å². The molecule has 0 spiro atoms. The van der Waals surface area contributed by atoms with Crippen molar-refractivity contribution in [1.29, 1.82) is 0 Å².